The normalized spacial score (nSPS) is 17.4. The number of ether oxygens (including phenoxy) is 1. The number of rotatable bonds is 5. The van der Waals surface area contributed by atoms with Crippen LogP contribution in [-0.2, 0) is 17.8 Å². The van der Waals surface area contributed by atoms with Gasteiger partial charge in [0.05, 0.1) is 24.4 Å². The lowest BCUT2D eigenvalue weighted by Gasteiger charge is -2.41. The number of anilines is 2. The number of aromatic nitrogens is 2. The minimum atomic E-state index is -0.232. The molecule has 1 amide bonds. The Hall–Kier alpha value is -3.83. The summed E-state index contributed by atoms with van der Waals surface area (Å²) in [5, 5.41) is 2.87. The topological polar surface area (TPSA) is 66.2 Å². The van der Waals surface area contributed by atoms with Crippen LogP contribution in [0.3, 0.4) is 0 Å². The second-order valence-electron chi connectivity index (χ2n) is 9.47. The average molecular weight is 517 g/mol. The maximum Gasteiger partial charge on any atom is 0.318 e. The maximum atomic E-state index is 12.7. The molecule has 5 rings (SSSR count). The van der Waals surface area contributed by atoms with Gasteiger partial charge >= 0.3 is 6.01 Å². The number of amides is 1. The number of piperazine rings is 1. The van der Waals surface area contributed by atoms with Gasteiger partial charge in [-0.3, -0.25) is 4.79 Å². The predicted octanol–water partition coefficient (Wildman–Crippen LogP) is 4.37. The van der Waals surface area contributed by atoms with Crippen molar-refractivity contribution in [2.24, 2.45) is 0 Å². The van der Waals surface area contributed by atoms with Gasteiger partial charge in [0.2, 0.25) is 12.5 Å². The van der Waals surface area contributed by atoms with Crippen LogP contribution in [0.4, 0.5) is 11.5 Å². The Labute approximate surface area is 221 Å². The monoisotopic (exact) mass is 516 g/mol. The van der Waals surface area contributed by atoms with Crippen LogP contribution in [-0.4, -0.2) is 66.7 Å². The highest BCUT2D eigenvalue weighted by molar-refractivity contribution is 6.36. The summed E-state index contributed by atoms with van der Waals surface area (Å²) in [6.07, 6.45) is 0.758. The largest absolute Gasteiger partial charge is 0.467 e. The van der Waals surface area contributed by atoms with E-state index in [1.165, 1.54) is 0 Å². The molecule has 0 saturated carbocycles. The third-order valence-electron chi connectivity index (χ3n) is 7.09. The van der Waals surface area contributed by atoms with Crippen molar-refractivity contribution in [1.29, 1.82) is 0 Å². The van der Waals surface area contributed by atoms with Crippen LogP contribution in [0.1, 0.15) is 18.2 Å². The minimum absolute atomic E-state index is 0.0972. The van der Waals surface area contributed by atoms with Gasteiger partial charge in [-0.1, -0.05) is 42.4 Å². The fourth-order valence-electron chi connectivity index (χ4n) is 5.31. The highest BCUT2D eigenvalue weighted by Crippen LogP contribution is 2.37. The average Bonchev–Trinajstić information content (AvgIpc) is 2.91. The molecule has 1 fully saturated rings. The second-order valence-corrected chi connectivity index (χ2v) is 9.87. The van der Waals surface area contributed by atoms with Crippen molar-refractivity contribution in [3.8, 4) is 6.01 Å². The first-order valence-corrected chi connectivity index (χ1v) is 12.7. The van der Waals surface area contributed by atoms with E-state index in [4.69, 9.17) is 32.9 Å². The molecule has 0 aliphatic carbocycles. The Morgan fingerprint density at radius 2 is 1.97 bits per heavy atom. The van der Waals surface area contributed by atoms with Crippen molar-refractivity contribution in [3.63, 3.8) is 0 Å². The van der Waals surface area contributed by atoms with Crippen LogP contribution in [0.2, 0.25) is 5.02 Å². The number of methoxy groups -OCH3 is 1. The quantitative estimate of drug-likeness (QED) is 0.371. The van der Waals surface area contributed by atoms with Crippen LogP contribution < -0.4 is 14.5 Å². The number of hydrogen-bond acceptors (Lipinski definition) is 6. The van der Waals surface area contributed by atoms with Crippen molar-refractivity contribution < 1.29 is 9.53 Å². The molecular weight excluding hydrogens is 488 g/mol. The fourth-order valence-corrected chi connectivity index (χ4v) is 5.59. The summed E-state index contributed by atoms with van der Waals surface area (Å²) in [5.74, 6) is 0.731. The lowest BCUT2D eigenvalue weighted by atomic mass is 10.0. The van der Waals surface area contributed by atoms with E-state index in [-0.39, 0.29) is 18.5 Å². The van der Waals surface area contributed by atoms with Crippen LogP contribution in [0.25, 0.3) is 15.6 Å². The standard InChI is InChI=1S/C28H29ClN6O2/c1-18(2)27(36)35-14-13-34(16-20(35)15-30-3)26-21-11-12-33(17-23(21)31-28(32-26)37-4)24-10-6-8-19-7-5-9-22(29)25(19)24/h5-10,20H,1,11-17H2,2,4H3/t20-/m0/s1. The summed E-state index contributed by atoms with van der Waals surface area (Å²) in [7, 11) is 1.57. The van der Waals surface area contributed by atoms with Gasteiger partial charge in [0, 0.05) is 48.4 Å². The molecule has 0 radical (unpaired) electrons. The lowest BCUT2D eigenvalue weighted by Crippen LogP contribution is -2.57. The number of nitrogens with zero attached hydrogens (tertiary/aromatic N) is 6. The molecule has 1 saturated heterocycles. The molecule has 3 aromatic rings. The van der Waals surface area contributed by atoms with Crippen LogP contribution in [0.15, 0.2) is 48.6 Å². The van der Waals surface area contributed by atoms with Crippen molar-refractivity contribution in [1.82, 2.24) is 14.9 Å². The van der Waals surface area contributed by atoms with Crippen molar-refractivity contribution in [2.45, 2.75) is 25.9 Å². The molecule has 2 aliphatic heterocycles. The Kier molecular flexibility index (Phi) is 6.90. The predicted molar refractivity (Wildman–Crippen MR) is 146 cm³/mol. The molecule has 1 aromatic heterocycles. The number of carbonyl (C=O) groups excluding carboxylic acids is 1. The SMILES string of the molecule is [C-]#[N+]C[C@H]1CN(c2nc(OC)nc3c2CCN(c2cccc4cccc(Cl)c24)C3)CCN1C(=O)C(=C)C. The molecule has 37 heavy (non-hydrogen) atoms. The van der Waals surface area contributed by atoms with Gasteiger partial charge in [0.15, 0.2) is 0 Å². The molecule has 8 nitrogen and oxygen atoms in total. The zero-order chi connectivity index (χ0) is 26.1. The van der Waals surface area contributed by atoms with Gasteiger partial charge in [0.25, 0.3) is 0 Å². The van der Waals surface area contributed by atoms with E-state index >= 15 is 0 Å². The number of halogens is 1. The van der Waals surface area contributed by atoms with Gasteiger partial charge in [-0.2, -0.15) is 9.97 Å². The molecule has 0 unspecified atom stereocenters. The Morgan fingerprint density at radius 1 is 1.19 bits per heavy atom. The van der Waals surface area contributed by atoms with Gasteiger partial charge < -0.3 is 24.3 Å². The molecular formula is C28H29ClN6O2. The summed E-state index contributed by atoms with van der Waals surface area (Å²) in [6.45, 7) is 16.2. The first-order chi connectivity index (χ1) is 17.9. The molecule has 2 aromatic carbocycles. The first-order valence-electron chi connectivity index (χ1n) is 12.3. The van der Waals surface area contributed by atoms with E-state index in [0.29, 0.717) is 37.8 Å². The molecule has 0 bridgehead atoms. The number of hydrogen-bond donors (Lipinski definition) is 0. The van der Waals surface area contributed by atoms with E-state index < -0.39 is 0 Å². The molecule has 9 heteroatoms. The minimum Gasteiger partial charge on any atom is -0.467 e. The third kappa shape index (κ3) is 4.67. The lowest BCUT2D eigenvalue weighted by molar-refractivity contribution is -0.129. The van der Waals surface area contributed by atoms with Crippen LogP contribution >= 0.6 is 11.6 Å². The molecule has 1 atom stereocenters. The Bertz CT molecular complexity index is 1410. The summed E-state index contributed by atoms with van der Waals surface area (Å²) in [5.41, 5.74) is 3.57. The summed E-state index contributed by atoms with van der Waals surface area (Å²) in [6, 6.07) is 12.3. The molecule has 2 aliphatic rings. The number of benzene rings is 2. The molecule has 190 valence electrons. The highest BCUT2D eigenvalue weighted by atomic mass is 35.5. The van der Waals surface area contributed by atoms with Crippen LogP contribution in [0.5, 0.6) is 6.01 Å². The number of carbonyl (C=O) groups is 1. The van der Waals surface area contributed by atoms with E-state index in [1.807, 2.05) is 12.1 Å². The van der Waals surface area contributed by atoms with Gasteiger partial charge in [-0.25, -0.2) is 6.57 Å². The van der Waals surface area contributed by atoms with Crippen molar-refractivity contribution >= 4 is 39.8 Å². The van der Waals surface area contributed by atoms with Gasteiger partial charge in [-0.15, -0.1) is 0 Å². The van der Waals surface area contributed by atoms with Crippen molar-refractivity contribution in [3.05, 3.63) is 76.2 Å². The zero-order valence-corrected chi connectivity index (χ0v) is 21.8. The highest BCUT2D eigenvalue weighted by Gasteiger charge is 2.35. The zero-order valence-electron chi connectivity index (χ0n) is 21.1. The molecule has 3 heterocycles. The Balaban J connectivity index is 1.48. The maximum absolute atomic E-state index is 12.7. The van der Waals surface area contributed by atoms with Gasteiger partial charge in [0.1, 0.15) is 11.9 Å². The third-order valence-corrected chi connectivity index (χ3v) is 7.40. The van der Waals surface area contributed by atoms with E-state index in [2.05, 4.69) is 45.5 Å². The fraction of sp³-hybridized carbons (Fsp3) is 0.357. The summed E-state index contributed by atoms with van der Waals surface area (Å²) >= 11 is 6.62. The summed E-state index contributed by atoms with van der Waals surface area (Å²) < 4.78 is 5.49. The summed E-state index contributed by atoms with van der Waals surface area (Å²) in [4.78, 5) is 32.0. The van der Waals surface area contributed by atoms with Gasteiger partial charge in [-0.05, 0) is 30.9 Å². The van der Waals surface area contributed by atoms with E-state index in [0.717, 1.165) is 51.5 Å². The number of fused-ring (bicyclic) bond motifs is 2. The van der Waals surface area contributed by atoms with E-state index in [1.54, 1.807) is 18.9 Å². The second kappa shape index (κ2) is 10.3. The molecule has 0 N–H and O–H groups in total. The smallest absolute Gasteiger partial charge is 0.318 e. The first kappa shape index (κ1) is 24.8. The van der Waals surface area contributed by atoms with Crippen LogP contribution in [0, 0.1) is 6.57 Å². The van der Waals surface area contributed by atoms with E-state index in [9.17, 15) is 4.79 Å². The molecule has 0 spiro atoms. The Morgan fingerprint density at radius 3 is 2.70 bits per heavy atom. The van der Waals surface area contributed by atoms with Crippen molar-refractivity contribution in [2.75, 3.05) is 49.6 Å².